The molecule has 4 rings (SSSR count). The summed E-state index contributed by atoms with van der Waals surface area (Å²) in [5.74, 6) is 1.55. The molecule has 0 aliphatic carbocycles. The van der Waals surface area contributed by atoms with Gasteiger partial charge in [-0.2, -0.15) is 15.2 Å². The van der Waals surface area contributed by atoms with Gasteiger partial charge < -0.3 is 29.7 Å². The van der Waals surface area contributed by atoms with Gasteiger partial charge in [0.05, 0.1) is 35.7 Å². The van der Waals surface area contributed by atoms with Gasteiger partial charge in [0.2, 0.25) is 16.9 Å². The fourth-order valence-corrected chi connectivity index (χ4v) is 4.98. The number of likely N-dealkylation sites (N-methyl/N-ethyl adjacent to an activating group) is 1. The van der Waals surface area contributed by atoms with E-state index >= 15 is 0 Å². The van der Waals surface area contributed by atoms with Crippen molar-refractivity contribution in [2.24, 2.45) is 10.2 Å². The molecule has 3 aromatic heterocycles. The van der Waals surface area contributed by atoms with E-state index in [9.17, 15) is 5.26 Å². The Kier molecular flexibility index (Phi) is 11.3. The number of hydrogen-bond acceptors (Lipinski definition) is 14. The maximum absolute atomic E-state index is 9.85. The fraction of sp³-hybridized carbons (Fsp3) is 0.464. The van der Waals surface area contributed by atoms with E-state index in [1.165, 1.54) is 11.3 Å². The molecule has 0 bridgehead atoms. The van der Waals surface area contributed by atoms with Crippen molar-refractivity contribution in [2.75, 3.05) is 70.3 Å². The molecule has 2 atom stereocenters. The number of hydrogen-bond donors (Lipinski definition) is 2. The molecule has 2 N–H and O–H groups in total. The van der Waals surface area contributed by atoms with E-state index in [0.29, 0.717) is 54.8 Å². The lowest BCUT2D eigenvalue weighted by Gasteiger charge is -2.26. The zero-order valence-corrected chi connectivity index (χ0v) is 26.1. The van der Waals surface area contributed by atoms with Crippen molar-refractivity contribution in [1.82, 2.24) is 24.7 Å². The van der Waals surface area contributed by atoms with E-state index in [1.54, 1.807) is 32.2 Å². The van der Waals surface area contributed by atoms with E-state index in [2.05, 4.69) is 37.0 Å². The highest BCUT2D eigenvalue weighted by Crippen LogP contribution is 2.36. The molecule has 0 radical (unpaired) electrons. The second-order valence-corrected chi connectivity index (χ2v) is 10.9. The number of nitrogens with one attached hydrogen (secondary N) is 2. The van der Waals surface area contributed by atoms with Gasteiger partial charge in [-0.3, -0.25) is 0 Å². The summed E-state index contributed by atoms with van der Waals surface area (Å²) in [7, 11) is 6.86. The van der Waals surface area contributed by atoms with Gasteiger partial charge in [0.15, 0.2) is 17.3 Å². The number of ether oxygens (including phenoxy) is 3. The summed E-state index contributed by atoms with van der Waals surface area (Å²) in [6, 6.07) is 9.87. The fourth-order valence-electron chi connectivity index (χ4n) is 4.09. The maximum Gasteiger partial charge on any atom is 0.229 e. The Hall–Kier alpha value is -4.23. The van der Waals surface area contributed by atoms with Gasteiger partial charge in [-0.1, -0.05) is 23.5 Å². The Labute approximate surface area is 254 Å². The molecule has 0 saturated carbocycles. The van der Waals surface area contributed by atoms with Gasteiger partial charge in [-0.05, 0) is 32.4 Å². The molecule has 0 saturated heterocycles. The first kappa shape index (κ1) is 31.7. The van der Waals surface area contributed by atoms with Gasteiger partial charge >= 0.3 is 0 Å². The third-order valence-corrected chi connectivity index (χ3v) is 7.44. The van der Waals surface area contributed by atoms with Gasteiger partial charge in [0.1, 0.15) is 11.6 Å². The number of azo groups is 1. The molecule has 0 fully saturated rings. The van der Waals surface area contributed by atoms with Crippen molar-refractivity contribution >= 4 is 50.6 Å². The number of anilines is 3. The van der Waals surface area contributed by atoms with E-state index in [-0.39, 0.29) is 23.5 Å². The maximum atomic E-state index is 9.85. The zero-order valence-electron chi connectivity index (χ0n) is 25.2. The number of methoxy groups -OCH3 is 3. The molecule has 0 aliphatic rings. The summed E-state index contributed by atoms with van der Waals surface area (Å²) < 4.78 is 18.5. The van der Waals surface area contributed by atoms with E-state index in [0.717, 1.165) is 16.6 Å². The summed E-state index contributed by atoms with van der Waals surface area (Å²) in [5, 5.41) is 30.7. The second kappa shape index (κ2) is 15.3. The van der Waals surface area contributed by atoms with Crippen LogP contribution in [0.2, 0.25) is 0 Å². The molecule has 0 amide bonds. The molecule has 228 valence electrons. The van der Waals surface area contributed by atoms with Crippen molar-refractivity contribution in [3.63, 3.8) is 0 Å². The Bertz CT molecular complexity index is 1530. The van der Waals surface area contributed by atoms with Gasteiger partial charge in [0, 0.05) is 47.6 Å². The van der Waals surface area contributed by atoms with Crippen LogP contribution < -0.4 is 15.5 Å². The molecular formula is C28H37N11O3S. The number of aromatic nitrogens is 5. The Morgan fingerprint density at radius 2 is 1.81 bits per heavy atom. The molecule has 4 aromatic rings. The predicted molar refractivity (Wildman–Crippen MR) is 167 cm³/mol. The molecule has 2 unspecified atom stereocenters. The lowest BCUT2D eigenvalue weighted by Crippen LogP contribution is -2.34. The van der Waals surface area contributed by atoms with Crippen LogP contribution in [0.15, 0.2) is 40.7 Å². The number of rotatable bonds is 16. The lowest BCUT2D eigenvalue weighted by atomic mass is 10.3. The normalized spacial score (nSPS) is 12.9. The largest absolute Gasteiger partial charge is 0.385 e. The van der Waals surface area contributed by atoms with Crippen LogP contribution in [0.5, 0.6) is 0 Å². The van der Waals surface area contributed by atoms with Crippen LogP contribution >= 0.6 is 11.3 Å². The average Bonchev–Trinajstić information content (AvgIpc) is 3.62. The van der Waals surface area contributed by atoms with Crippen LogP contribution in [0.25, 0.3) is 15.3 Å². The van der Waals surface area contributed by atoms with Crippen LogP contribution in [0.3, 0.4) is 0 Å². The molecule has 43 heavy (non-hydrogen) atoms. The van der Waals surface area contributed by atoms with Crippen LogP contribution in [-0.4, -0.2) is 91.6 Å². The third-order valence-electron chi connectivity index (χ3n) is 6.41. The Balaban J connectivity index is 1.76. The quantitative estimate of drug-likeness (QED) is 0.131. The average molecular weight is 608 g/mol. The van der Waals surface area contributed by atoms with E-state index in [1.807, 2.05) is 50.1 Å². The minimum Gasteiger partial charge on any atom is -0.385 e. The van der Waals surface area contributed by atoms with Crippen molar-refractivity contribution in [1.29, 1.82) is 5.26 Å². The zero-order chi connectivity index (χ0) is 30.8. The molecule has 3 heterocycles. The highest BCUT2D eigenvalue weighted by atomic mass is 32.1. The number of nitrogens with zero attached hydrogens (tertiary/aromatic N) is 9. The Morgan fingerprint density at radius 1 is 1.05 bits per heavy atom. The first-order valence-corrected chi connectivity index (χ1v) is 14.6. The number of nitriles is 1. The minimum atomic E-state index is -0.0994. The predicted octanol–water partition coefficient (Wildman–Crippen LogP) is 4.93. The van der Waals surface area contributed by atoms with E-state index in [4.69, 9.17) is 24.2 Å². The van der Waals surface area contributed by atoms with Crippen molar-refractivity contribution in [2.45, 2.75) is 32.4 Å². The first-order chi connectivity index (χ1) is 20.9. The number of para-hydroxylation sites is 1. The van der Waals surface area contributed by atoms with Crippen LogP contribution in [0, 0.1) is 11.3 Å². The van der Waals surface area contributed by atoms with Crippen molar-refractivity contribution in [3.8, 4) is 11.2 Å². The second-order valence-electron chi connectivity index (χ2n) is 9.85. The van der Waals surface area contributed by atoms with E-state index < -0.39 is 0 Å². The monoisotopic (exact) mass is 607 g/mol. The smallest absolute Gasteiger partial charge is 0.229 e. The van der Waals surface area contributed by atoms with Crippen LogP contribution in [0.1, 0.15) is 25.8 Å². The van der Waals surface area contributed by atoms with Gasteiger partial charge in [-0.25, -0.2) is 9.67 Å². The highest BCUT2D eigenvalue weighted by Gasteiger charge is 2.21. The first-order valence-electron chi connectivity index (χ1n) is 13.8. The number of thiazole rings is 1. The highest BCUT2D eigenvalue weighted by molar-refractivity contribution is 7.20. The molecule has 0 spiro atoms. The SMILES string of the molecule is COCCCNc1nc(N(C)C(C)COC)nc(NC(C)COC)c1N=Nc1nn(-c2nc3ccccc3s2)cc1C#N. The molecule has 14 nitrogen and oxygen atoms in total. The molecular weight excluding hydrogens is 570 g/mol. The van der Waals surface area contributed by atoms with Gasteiger partial charge in [-0.15, -0.1) is 15.3 Å². The topological polar surface area (TPSA) is 160 Å². The summed E-state index contributed by atoms with van der Waals surface area (Å²) in [6.07, 6.45) is 2.35. The molecule has 1 aromatic carbocycles. The third kappa shape index (κ3) is 7.99. The summed E-state index contributed by atoms with van der Waals surface area (Å²) in [4.78, 5) is 16.2. The van der Waals surface area contributed by atoms with Crippen molar-refractivity contribution < 1.29 is 14.2 Å². The standard InChI is InChI=1S/C28H37N11O3S/c1-18(16-41-5)31-26-23(25(30-12-9-13-40-4)33-27(34-26)38(3)19(2)17-42-6)35-36-24-20(14-29)15-39(37-24)28-32-21-10-7-8-11-22(21)43-28/h7-8,10-11,15,18-19H,9,12-13,16-17H2,1-6H3,(H2,30,31,33,34). The van der Waals surface area contributed by atoms with Crippen LogP contribution in [-0.2, 0) is 14.2 Å². The molecule has 15 heteroatoms. The van der Waals surface area contributed by atoms with Crippen molar-refractivity contribution in [3.05, 3.63) is 36.0 Å². The molecule has 0 aliphatic heterocycles. The summed E-state index contributed by atoms with van der Waals surface area (Å²) in [6.45, 7) is 6.09. The Morgan fingerprint density at radius 3 is 2.53 bits per heavy atom. The number of fused-ring (bicyclic) bond motifs is 1. The number of benzene rings is 1. The van der Waals surface area contributed by atoms with Gasteiger partial charge in [0.25, 0.3) is 0 Å². The summed E-state index contributed by atoms with van der Waals surface area (Å²) >= 11 is 1.47. The van der Waals surface area contributed by atoms with Crippen LogP contribution in [0.4, 0.5) is 29.1 Å². The summed E-state index contributed by atoms with van der Waals surface area (Å²) in [5.41, 5.74) is 1.48. The minimum absolute atomic E-state index is 0.00715. The lowest BCUT2D eigenvalue weighted by molar-refractivity contribution is 0.183.